The SMILES string of the molecule is O=C(c1ccc(Cl)cc1)N(Cc1ccsc1)C1CC1. The molecule has 0 unspecified atom stereocenters. The van der Waals surface area contributed by atoms with Crippen molar-refractivity contribution in [3.8, 4) is 0 Å². The third kappa shape index (κ3) is 2.99. The lowest BCUT2D eigenvalue weighted by atomic mass is 10.2. The molecule has 1 saturated carbocycles. The Balaban J connectivity index is 1.79. The van der Waals surface area contributed by atoms with E-state index in [0.29, 0.717) is 23.2 Å². The van der Waals surface area contributed by atoms with Crippen molar-refractivity contribution < 1.29 is 4.79 Å². The van der Waals surface area contributed by atoms with Gasteiger partial charge in [0.2, 0.25) is 0 Å². The number of benzene rings is 1. The van der Waals surface area contributed by atoms with Crippen molar-refractivity contribution in [3.63, 3.8) is 0 Å². The van der Waals surface area contributed by atoms with Gasteiger partial charge in [-0.05, 0) is 59.5 Å². The smallest absolute Gasteiger partial charge is 0.254 e. The molecule has 1 aromatic heterocycles. The molecule has 1 amide bonds. The van der Waals surface area contributed by atoms with Crippen LogP contribution in [0.25, 0.3) is 0 Å². The van der Waals surface area contributed by atoms with Crippen LogP contribution in [0.2, 0.25) is 5.02 Å². The molecule has 2 nitrogen and oxygen atoms in total. The number of nitrogens with zero attached hydrogens (tertiary/aromatic N) is 1. The summed E-state index contributed by atoms with van der Waals surface area (Å²) in [5, 5.41) is 4.81. The molecule has 2 aromatic rings. The van der Waals surface area contributed by atoms with Crippen molar-refractivity contribution >= 4 is 28.8 Å². The van der Waals surface area contributed by atoms with Gasteiger partial charge in [0.15, 0.2) is 0 Å². The number of carbonyl (C=O) groups is 1. The Kier molecular flexibility index (Phi) is 3.58. The molecular formula is C15H14ClNOS. The zero-order valence-corrected chi connectivity index (χ0v) is 12.0. The largest absolute Gasteiger partial charge is 0.331 e. The molecule has 0 radical (unpaired) electrons. The van der Waals surface area contributed by atoms with Gasteiger partial charge in [-0.2, -0.15) is 11.3 Å². The average molecular weight is 292 g/mol. The Morgan fingerprint density at radius 2 is 2.00 bits per heavy atom. The maximum Gasteiger partial charge on any atom is 0.254 e. The Morgan fingerprint density at radius 3 is 2.58 bits per heavy atom. The molecule has 1 aromatic carbocycles. The summed E-state index contributed by atoms with van der Waals surface area (Å²) >= 11 is 7.53. The van der Waals surface area contributed by atoms with E-state index in [4.69, 9.17) is 11.6 Å². The quantitative estimate of drug-likeness (QED) is 0.826. The van der Waals surface area contributed by atoms with Crippen LogP contribution in [0.5, 0.6) is 0 Å². The second-order valence-electron chi connectivity index (χ2n) is 4.80. The molecule has 0 bridgehead atoms. The van der Waals surface area contributed by atoms with E-state index in [1.165, 1.54) is 5.56 Å². The van der Waals surface area contributed by atoms with Crippen LogP contribution in [-0.2, 0) is 6.54 Å². The fourth-order valence-corrected chi connectivity index (χ4v) is 2.88. The minimum Gasteiger partial charge on any atom is -0.331 e. The van der Waals surface area contributed by atoms with Gasteiger partial charge >= 0.3 is 0 Å². The highest BCUT2D eigenvalue weighted by Gasteiger charge is 2.33. The molecular weight excluding hydrogens is 278 g/mol. The molecule has 1 aliphatic rings. The van der Waals surface area contributed by atoms with E-state index in [0.717, 1.165) is 12.8 Å². The summed E-state index contributed by atoms with van der Waals surface area (Å²) in [6.07, 6.45) is 2.23. The molecule has 4 heteroatoms. The lowest BCUT2D eigenvalue weighted by molar-refractivity contribution is 0.0730. The monoisotopic (exact) mass is 291 g/mol. The lowest BCUT2D eigenvalue weighted by Crippen LogP contribution is -2.32. The van der Waals surface area contributed by atoms with Crippen LogP contribution < -0.4 is 0 Å². The Bertz CT molecular complexity index is 560. The van der Waals surface area contributed by atoms with Gasteiger partial charge in [0.05, 0.1) is 0 Å². The van der Waals surface area contributed by atoms with Gasteiger partial charge in [0.1, 0.15) is 0 Å². The van der Waals surface area contributed by atoms with Crippen LogP contribution in [-0.4, -0.2) is 16.8 Å². The van der Waals surface area contributed by atoms with Gasteiger partial charge < -0.3 is 4.90 Å². The van der Waals surface area contributed by atoms with Crippen LogP contribution >= 0.6 is 22.9 Å². The van der Waals surface area contributed by atoms with Gasteiger partial charge in [0.25, 0.3) is 5.91 Å². The highest BCUT2D eigenvalue weighted by molar-refractivity contribution is 7.07. The Labute approximate surface area is 121 Å². The molecule has 1 fully saturated rings. The molecule has 0 spiro atoms. The van der Waals surface area contributed by atoms with Crippen LogP contribution in [0.1, 0.15) is 28.8 Å². The number of amides is 1. The normalized spacial score (nSPS) is 14.4. The predicted octanol–water partition coefficient (Wildman–Crippen LogP) is 4.21. The minimum absolute atomic E-state index is 0.102. The number of halogens is 1. The van der Waals surface area contributed by atoms with E-state index in [-0.39, 0.29) is 5.91 Å². The van der Waals surface area contributed by atoms with Gasteiger partial charge in [-0.1, -0.05) is 11.6 Å². The second-order valence-corrected chi connectivity index (χ2v) is 6.02. The number of thiophene rings is 1. The van der Waals surface area contributed by atoms with Gasteiger partial charge in [0, 0.05) is 23.2 Å². The summed E-state index contributed by atoms with van der Waals surface area (Å²) in [7, 11) is 0. The number of hydrogen-bond donors (Lipinski definition) is 0. The van der Waals surface area contributed by atoms with Gasteiger partial charge in [-0.25, -0.2) is 0 Å². The minimum atomic E-state index is 0.102. The summed E-state index contributed by atoms with van der Waals surface area (Å²) < 4.78 is 0. The first-order chi connectivity index (χ1) is 9.24. The topological polar surface area (TPSA) is 20.3 Å². The lowest BCUT2D eigenvalue weighted by Gasteiger charge is -2.22. The highest BCUT2D eigenvalue weighted by atomic mass is 35.5. The molecule has 0 atom stereocenters. The van der Waals surface area contributed by atoms with Crippen molar-refractivity contribution in [2.45, 2.75) is 25.4 Å². The molecule has 0 aliphatic heterocycles. The second kappa shape index (κ2) is 5.35. The summed E-state index contributed by atoms with van der Waals surface area (Å²) in [5.74, 6) is 0.102. The van der Waals surface area contributed by atoms with E-state index in [1.54, 1.807) is 35.6 Å². The maximum atomic E-state index is 12.6. The van der Waals surface area contributed by atoms with Crippen LogP contribution in [0.4, 0.5) is 0 Å². The molecule has 1 heterocycles. The number of carbonyl (C=O) groups excluding carboxylic acids is 1. The van der Waals surface area contributed by atoms with Crippen LogP contribution in [0.15, 0.2) is 41.1 Å². The summed E-state index contributed by atoms with van der Waals surface area (Å²) in [4.78, 5) is 14.5. The van der Waals surface area contributed by atoms with Crippen LogP contribution in [0, 0.1) is 0 Å². The first-order valence-electron chi connectivity index (χ1n) is 6.31. The van der Waals surface area contributed by atoms with Crippen molar-refractivity contribution in [2.24, 2.45) is 0 Å². The van der Waals surface area contributed by atoms with Crippen LogP contribution in [0.3, 0.4) is 0 Å². The zero-order chi connectivity index (χ0) is 13.2. The molecule has 19 heavy (non-hydrogen) atoms. The molecule has 0 saturated heterocycles. The fraction of sp³-hybridized carbons (Fsp3) is 0.267. The maximum absolute atomic E-state index is 12.6. The third-order valence-corrected chi connectivity index (χ3v) is 4.26. The van der Waals surface area contributed by atoms with Gasteiger partial charge in [-0.15, -0.1) is 0 Å². The van der Waals surface area contributed by atoms with E-state index < -0.39 is 0 Å². The first kappa shape index (κ1) is 12.7. The van der Waals surface area contributed by atoms with Gasteiger partial charge in [-0.3, -0.25) is 4.79 Å². The van der Waals surface area contributed by atoms with Crippen molar-refractivity contribution in [2.75, 3.05) is 0 Å². The highest BCUT2D eigenvalue weighted by Crippen LogP contribution is 2.30. The molecule has 1 aliphatic carbocycles. The Morgan fingerprint density at radius 1 is 1.26 bits per heavy atom. The number of rotatable bonds is 4. The van der Waals surface area contributed by atoms with Crippen molar-refractivity contribution in [1.82, 2.24) is 4.90 Å². The van der Waals surface area contributed by atoms with Crippen molar-refractivity contribution in [1.29, 1.82) is 0 Å². The molecule has 98 valence electrons. The van der Waals surface area contributed by atoms with E-state index in [2.05, 4.69) is 11.4 Å². The summed E-state index contributed by atoms with van der Waals surface area (Å²) in [6.45, 7) is 0.704. The zero-order valence-electron chi connectivity index (χ0n) is 10.4. The summed E-state index contributed by atoms with van der Waals surface area (Å²) in [5.41, 5.74) is 1.92. The fourth-order valence-electron chi connectivity index (χ4n) is 2.09. The standard InChI is InChI=1S/C15H14ClNOS/c16-13-3-1-12(2-4-13)15(18)17(14-5-6-14)9-11-7-8-19-10-11/h1-4,7-8,10,14H,5-6,9H2. The van der Waals surface area contributed by atoms with E-state index in [1.807, 2.05) is 10.3 Å². The van der Waals surface area contributed by atoms with E-state index >= 15 is 0 Å². The predicted molar refractivity (Wildman–Crippen MR) is 78.7 cm³/mol. The average Bonchev–Trinajstić information content (AvgIpc) is 3.13. The van der Waals surface area contributed by atoms with E-state index in [9.17, 15) is 4.79 Å². The third-order valence-electron chi connectivity index (χ3n) is 3.27. The summed E-state index contributed by atoms with van der Waals surface area (Å²) in [6, 6.07) is 9.62. The first-order valence-corrected chi connectivity index (χ1v) is 7.64. The molecule has 3 rings (SSSR count). The number of hydrogen-bond acceptors (Lipinski definition) is 2. The van der Waals surface area contributed by atoms with Crippen molar-refractivity contribution in [3.05, 3.63) is 57.2 Å². The Hall–Kier alpha value is -1.32. The molecule has 0 N–H and O–H groups in total.